The van der Waals surface area contributed by atoms with Crippen LogP contribution in [0.2, 0.25) is 0 Å². The highest BCUT2D eigenvalue weighted by Crippen LogP contribution is 2.25. The molecule has 0 spiro atoms. The van der Waals surface area contributed by atoms with Gasteiger partial charge in [0.1, 0.15) is 17.2 Å². The second-order valence-electron chi connectivity index (χ2n) is 4.77. The van der Waals surface area contributed by atoms with Gasteiger partial charge < -0.3 is 14.2 Å². The number of hydrogen-bond donors (Lipinski definition) is 0. The van der Waals surface area contributed by atoms with E-state index in [9.17, 15) is 4.79 Å². The highest BCUT2D eigenvalue weighted by Gasteiger charge is 2.11. The SMILES string of the molecule is CCOc1cccc(/C=C/C(=O)c2cc(OC)ccc2OC)c1. The fourth-order valence-electron chi connectivity index (χ4n) is 2.14. The molecule has 4 heteroatoms. The number of rotatable bonds is 7. The number of hydrogen-bond acceptors (Lipinski definition) is 4. The number of carbonyl (C=O) groups is 1. The molecule has 23 heavy (non-hydrogen) atoms. The molecular formula is C19H20O4. The Morgan fingerprint density at radius 1 is 1.04 bits per heavy atom. The van der Waals surface area contributed by atoms with Crippen molar-refractivity contribution in [3.63, 3.8) is 0 Å². The van der Waals surface area contributed by atoms with Gasteiger partial charge in [0.25, 0.3) is 0 Å². The van der Waals surface area contributed by atoms with Crippen LogP contribution in [0.5, 0.6) is 17.2 Å². The molecule has 0 aliphatic rings. The molecule has 0 saturated carbocycles. The molecule has 4 nitrogen and oxygen atoms in total. The largest absolute Gasteiger partial charge is 0.497 e. The molecule has 0 heterocycles. The second kappa shape index (κ2) is 8.03. The summed E-state index contributed by atoms with van der Waals surface area (Å²) in [6.45, 7) is 2.54. The average Bonchev–Trinajstić information content (AvgIpc) is 2.59. The van der Waals surface area contributed by atoms with Crippen LogP contribution in [0.15, 0.2) is 48.5 Å². The van der Waals surface area contributed by atoms with E-state index in [4.69, 9.17) is 14.2 Å². The van der Waals surface area contributed by atoms with Crippen molar-refractivity contribution in [1.29, 1.82) is 0 Å². The van der Waals surface area contributed by atoms with Gasteiger partial charge in [-0.2, -0.15) is 0 Å². The summed E-state index contributed by atoms with van der Waals surface area (Å²) in [6.07, 6.45) is 3.27. The first-order chi connectivity index (χ1) is 11.2. The first kappa shape index (κ1) is 16.6. The van der Waals surface area contributed by atoms with Gasteiger partial charge in [0.05, 0.1) is 26.4 Å². The van der Waals surface area contributed by atoms with Crippen molar-refractivity contribution in [3.8, 4) is 17.2 Å². The van der Waals surface area contributed by atoms with E-state index in [-0.39, 0.29) is 5.78 Å². The predicted molar refractivity (Wildman–Crippen MR) is 90.5 cm³/mol. The highest BCUT2D eigenvalue weighted by molar-refractivity contribution is 6.08. The molecule has 0 aliphatic heterocycles. The third kappa shape index (κ3) is 4.36. The van der Waals surface area contributed by atoms with E-state index < -0.39 is 0 Å². The monoisotopic (exact) mass is 312 g/mol. The number of methoxy groups -OCH3 is 2. The van der Waals surface area contributed by atoms with E-state index in [1.54, 1.807) is 31.4 Å². The lowest BCUT2D eigenvalue weighted by Gasteiger charge is -2.08. The van der Waals surface area contributed by atoms with Gasteiger partial charge in [-0.25, -0.2) is 0 Å². The van der Waals surface area contributed by atoms with Crippen LogP contribution in [-0.2, 0) is 0 Å². The molecule has 0 N–H and O–H groups in total. The fourth-order valence-corrected chi connectivity index (χ4v) is 2.14. The lowest BCUT2D eigenvalue weighted by atomic mass is 10.1. The molecule has 0 aliphatic carbocycles. The smallest absolute Gasteiger partial charge is 0.189 e. The molecule has 2 aromatic carbocycles. The van der Waals surface area contributed by atoms with E-state index in [1.807, 2.05) is 31.2 Å². The zero-order valence-electron chi connectivity index (χ0n) is 13.5. The molecule has 0 unspecified atom stereocenters. The first-order valence-electron chi connectivity index (χ1n) is 7.35. The number of benzene rings is 2. The van der Waals surface area contributed by atoms with E-state index in [2.05, 4.69) is 0 Å². The third-order valence-corrected chi connectivity index (χ3v) is 3.27. The van der Waals surface area contributed by atoms with Crippen molar-refractivity contribution in [3.05, 3.63) is 59.7 Å². The summed E-state index contributed by atoms with van der Waals surface area (Å²) in [7, 11) is 3.10. The van der Waals surface area contributed by atoms with Crippen LogP contribution in [0.25, 0.3) is 6.08 Å². The standard InChI is InChI=1S/C19H20O4/c1-4-23-16-7-5-6-14(12-16)8-10-18(20)17-13-15(21-2)9-11-19(17)22-3/h5-13H,4H2,1-3H3/b10-8+. The molecule has 0 fully saturated rings. The van der Waals surface area contributed by atoms with Crippen molar-refractivity contribution in [2.75, 3.05) is 20.8 Å². The maximum Gasteiger partial charge on any atom is 0.189 e. The third-order valence-electron chi connectivity index (χ3n) is 3.27. The molecule has 0 aromatic heterocycles. The molecule has 0 atom stereocenters. The number of allylic oxidation sites excluding steroid dienone is 1. The van der Waals surface area contributed by atoms with Gasteiger partial charge in [0.15, 0.2) is 5.78 Å². The van der Waals surface area contributed by atoms with Crippen molar-refractivity contribution in [2.45, 2.75) is 6.92 Å². The fraction of sp³-hybridized carbons (Fsp3) is 0.211. The maximum atomic E-state index is 12.4. The van der Waals surface area contributed by atoms with Gasteiger partial charge in [-0.3, -0.25) is 4.79 Å². The lowest BCUT2D eigenvalue weighted by Crippen LogP contribution is -1.99. The molecule has 0 bridgehead atoms. The van der Waals surface area contributed by atoms with E-state index >= 15 is 0 Å². The van der Waals surface area contributed by atoms with Crippen LogP contribution in [0, 0.1) is 0 Å². The summed E-state index contributed by atoms with van der Waals surface area (Å²) >= 11 is 0. The summed E-state index contributed by atoms with van der Waals surface area (Å²) in [5.41, 5.74) is 1.36. The molecular weight excluding hydrogens is 292 g/mol. The Bertz CT molecular complexity index is 704. The Morgan fingerprint density at radius 3 is 2.57 bits per heavy atom. The van der Waals surface area contributed by atoms with E-state index in [0.29, 0.717) is 23.7 Å². The Labute approximate surface area is 136 Å². The lowest BCUT2D eigenvalue weighted by molar-refractivity contribution is 0.104. The summed E-state index contributed by atoms with van der Waals surface area (Å²) < 4.78 is 15.8. The average molecular weight is 312 g/mol. The van der Waals surface area contributed by atoms with E-state index in [1.165, 1.54) is 13.2 Å². The zero-order valence-corrected chi connectivity index (χ0v) is 13.5. The van der Waals surface area contributed by atoms with Crippen LogP contribution in [0.1, 0.15) is 22.8 Å². The van der Waals surface area contributed by atoms with Crippen LogP contribution in [-0.4, -0.2) is 26.6 Å². The van der Waals surface area contributed by atoms with Crippen molar-refractivity contribution >= 4 is 11.9 Å². The summed E-state index contributed by atoms with van der Waals surface area (Å²) in [6, 6.07) is 12.7. The minimum absolute atomic E-state index is 0.150. The Kier molecular flexibility index (Phi) is 5.80. The molecule has 0 radical (unpaired) electrons. The Balaban J connectivity index is 2.22. The van der Waals surface area contributed by atoms with Crippen molar-refractivity contribution in [2.24, 2.45) is 0 Å². The van der Waals surface area contributed by atoms with Gasteiger partial charge in [0, 0.05) is 0 Å². The minimum atomic E-state index is -0.150. The number of carbonyl (C=O) groups excluding carboxylic acids is 1. The maximum absolute atomic E-state index is 12.4. The van der Waals surface area contributed by atoms with Crippen LogP contribution < -0.4 is 14.2 Å². The van der Waals surface area contributed by atoms with Gasteiger partial charge in [-0.1, -0.05) is 18.2 Å². The molecule has 0 amide bonds. The van der Waals surface area contributed by atoms with Crippen LogP contribution in [0.3, 0.4) is 0 Å². The Morgan fingerprint density at radius 2 is 1.87 bits per heavy atom. The molecule has 120 valence electrons. The number of ketones is 1. The predicted octanol–water partition coefficient (Wildman–Crippen LogP) is 4.00. The van der Waals surface area contributed by atoms with Gasteiger partial charge in [0.2, 0.25) is 0 Å². The van der Waals surface area contributed by atoms with Crippen molar-refractivity contribution in [1.82, 2.24) is 0 Å². The zero-order chi connectivity index (χ0) is 16.7. The van der Waals surface area contributed by atoms with Crippen LogP contribution in [0.4, 0.5) is 0 Å². The van der Waals surface area contributed by atoms with Crippen molar-refractivity contribution < 1.29 is 19.0 Å². The van der Waals surface area contributed by atoms with E-state index in [0.717, 1.165) is 11.3 Å². The summed E-state index contributed by atoms with van der Waals surface area (Å²) in [4.78, 5) is 12.4. The second-order valence-corrected chi connectivity index (χ2v) is 4.77. The minimum Gasteiger partial charge on any atom is -0.497 e. The van der Waals surface area contributed by atoms with Gasteiger partial charge in [-0.15, -0.1) is 0 Å². The Hall–Kier alpha value is -2.75. The van der Waals surface area contributed by atoms with Crippen LogP contribution >= 0.6 is 0 Å². The quantitative estimate of drug-likeness (QED) is 0.572. The molecule has 0 saturated heterocycles. The molecule has 2 aromatic rings. The highest BCUT2D eigenvalue weighted by atomic mass is 16.5. The summed E-state index contributed by atoms with van der Waals surface area (Å²) in [5, 5.41) is 0. The number of ether oxygens (including phenoxy) is 3. The first-order valence-corrected chi connectivity index (χ1v) is 7.35. The normalized spacial score (nSPS) is 10.6. The topological polar surface area (TPSA) is 44.8 Å². The van der Waals surface area contributed by atoms with Gasteiger partial charge in [-0.05, 0) is 48.9 Å². The molecule has 2 rings (SSSR count). The summed E-state index contributed by atoms with van der Waals surface area (Å²) in [5.74, 6) is 1.76. The van der Waals surface area contributed by atoms with Gasteiger partial charge >= 0.3 is 0 Å².